The molecule has 0 aliphatic rings. The summed E-state index contributed by atoms with van der Waals surface area (Å²) in [6.07, 6.45) is 1.05. The summed E-state index contributed by atoms with van der Waals surface area (Å²) in [5, 5.41) is 9.88. The molecule has 128 valence electrons. The van der Waals surface area contributed by atoms with Crippen molar-refractivity contribution < 1.29 is 14.8 Å². The van der Waals surface area contributed by atoms with E-state index in [-0.39, 0.29) is 18.4 Å². The van der Waals surface area contributed by atoms with Crippen LogP contribution in [0.4, 0.5) is 0 Å². The van der Waals surface area contributed by atoms with E-state index in [4.69, 9.17) is 0 Å². The first-order chi connectivity index (χ1) is 11.6. The number of ketones is 1. The predicted octanol–water partition coefficient (Wildman–Crippen LogP) is 1.85. The quantitative estimate of drug-likeness (QED) is 0.777. The Morgan fingerprint density at radius 2 is 1.46 bits per heavy atom. The number of aliphatic hydroxyl groups excluding tert-OH is 1. The SMILES string of the molecule is CCC(=O)C(C[C@H](CO)[NH+](C)C)(c1ccccc1)c1ccccc1. The molecule has 2 aromatic rings. The van der Waals surface area contributed by atoms with Gasteiger partial charge in [-0.2, -0.15) is 0 Å². The van der Waals surface area contributed by atoms with Crippen molar-refractivity contribution in [2.24, 2.45) is 0 Å². The van der Waals surface area contributed by atoms with Crippen LogP contribution >= 0.6 is 0 Å². The van der Waals surface area contributed by atoms with Crippen LogP contribution in [0.15, 0.2) is 60.7 Å². The Bertz CT molecular complexity index is 598. The number of nitrogens with one attached hydrogen (secondary N) is 1. The maximum atomic E-state index is 13.2. The van der Waals surface area contributed by atoms with Crippen molar-refractivity contribution in [3.05, 3.63) is 71.8 Å². The number of carbonyl (C=O) groups excluding carboxylic acids is 1. The Hall–Kier alpha value is -1.97. The summed E-state index contributed by atoms with van der Waals surface area (Å²) in [7, 11) is 4.05. The van der Waals surface area contributed by atoms with Crippen molar-refractivity contribution in [2.45, 2.75) is 31.2 Å². The second kappa shape index (κ2) is 8.22. The number of hydrogen-bond donors (Lipinski definition) is 2. The number of rotatable bonds is 8. The Kier molecular flexibility index (Phi) is 6.29. The van der Waals surface area contributed by atoms with Crippen LogP contribution < -0.4 is 4.90 Å². The highest BCUT2D eigenvalue weighted by Gasteiger charge is 2.43. The van der Waals surface area contributed by atoms with E-state index in [0.717, 1.165) is 16.0 Å². The average Bonchev–Trinajstić information content (AvgIpc) is 2.63. The normalized spacial score (nSPS) is 13.0. The first kappa shape index (κ1) is 18.4. The monoisotopic (exact) mass is 326 g/mol. The maximum Gasteiger partial charge on any atom is 0.147 e. The number of benzene rings is 2. The number of Topliss-reactive ketones (excluding diaryl/α,β-unsaturated/α-hetero) is 1. The molecule has 0 heterocycles. The van der Waals surface area contributed by atoms with E-state index < -0.39 is 5.41 Å². The fourth-order valence-electron chi connectivity index (χ4n) is 3.41. The Morgan fingerprint density at radius 1 is 1.00 bits per heavy atom. The van der Waals surface area contributed by atoms with Gasteiger partial charge in [-0.15, -0.1) is 0 Å². The Morgan fingerprint density at radius 3 is 1.79 bits per heavy atom. The van der Waals surface area contributed by atoms with E-state index in [1.54, 1.807) is 0 Å². The summed E-state index contributed by atoms with van der Waals surface area (Å²) in [5.41, 5.74) is 1.28. The predicted molar refractivity (Wildman–Crippen MR) is 97.3 cm³/mol. The van der Waals surface area contributed by atoms with Gasteiger partial charge in [-0.1, -0.05) is 67.6 Å². The molecule has 0 saturated carbocycles. The van der Waals surface area contributed by atoms with Gasteiger partial charge in [0.2, 0.25) is 0 Å². The number of hydrogen-bond acceptors (Lipinski definition) is 2. The third-order valence-corrected chi connectivity index (χ3v) is 4.92. The van der Waals surface area contributed by atoms with Crippen LogP contribution in [0.5, 0.6) is 0 Å². The van der Waals surface area contributed by atoms with Crippen molar-refractivity contribution in [3.8, 4) is 0 Å². The van der Waals surface area contributed by atoms with Gasteiger partial charge in [0.05, 0.1) is 26.1 Å². The van der Waals surface area contributed by atoms with Crippen LogP contribution in [0.2, 0.25) is 0 Å². The van der Waals surface area contributed by atoms with Crippen molar-refractivity contribution in [1.82, 2.24) is 0 Å². The molecule has 0 amide bonds. The molecular weight excluding hydrogens is 298 g/mol. The van der Waals surface area contributed by atoms with Gasteiger partial charge >= 0.3 is 0 Å². The van der Waals surface area contributed by atoms with Crippen LogP contribution in [0, 0.1) is 0 Å². The molecule has 2 aromatic carbocycles. The lowest BCUT2D eigenvalue weighted by atomic mass is 9.66. The van der Waals surface area contributed by atoms with E-state index >= 15 is 0 Å². The first-order valence-corrected chi connectivity index (χ1v) is 8.61. The standard InChI is InChI=1S/C21H27NO2/c1-4-20(24)21(15-19(16-23)22(2)3,17-11-7-5-8-12-17)18-13-9-6-10-14-18/h5-14,19,23H,4,15-16H2,1-3H3/p+1/t19-/m1/s1. The molecule has 3 heteroatoms. The highest BCUT2D eigenvalue weighted by atomic mass is 16.3. The van der Waals surface area contributed by atoms with Gasteiger partial charge in [-0.3, -0.25) is 4.79 Å². The number of carbonyl (C=O) groups is 1. The molecule has 0 bridgehead atoms. The molecule has 0 aromatic heterocycles. The smallest absolute Gasteiger partial charge is 0.147 e. The molecule has 0 saturated heterocycles. The van der Waals surface area contributed by atoms with Crippen LogP contribution in [-0.2, 0) is 10.2 Å². The number of quaternary nitrogens is 1. The zero-order valence-electron chi connectivity index (χ0n) is 14.8. The minimum absolute atomic E-state index is 0.0130. The molecule has 0 spiro atoms. The van der Waals surface area contributed by atoms with Gasteiger partial charge < -0.3 is 10.0 Å². The Balaban J connectivity index is 2.67. The number of likely N-dealkylation sites (N-methyl/N-ethyl adjacent to an activating group) is 1. The third kappa shape index (κ3) is 3.58. The largest absolute Gasteiger partial charge is 0.390 e. The van der Waals surface area contributed by atoms with Gasteiger partial charge in [-0.05, 0) is 11.1 Å². The summed E-state index contributed by atoms with van der Waals surface area (Å²) in [6.45, 7) is 1.97. The second-order valence-electron chi connectivity index (χ2n) is 6.58. The molecule has 2 N–H and O–H groups in total. The molecule has 0 aliphatic carbocycles. The molecule has 0 aliphatic heterocycles. The molecule has 2 rings (SSSR count). The van der Waals surface area contributed by atoms with E-state index in [0.29, 0.717) is 12.8 Å². The van der Waals surface area contributed by atoms with E-state index in [1.807, 2.05) is 81.7 Å². The fourth-order valence-corrected chi connectivity index (χ4v) is 3.41. The van der Waals surface area contributed by atoms with E-state index in [9.17, 15) is 9.90 Å². The molecule has 1 atom stereocenters. The topological polar surface area (TPSA) is 41.7 Å². The van der Waals surface area contributed by atoms with Crippen LogP contribution in [0.3, 0.4) is 0 Å². The minimum Gasteiger partial charge on any atom is -0.390 e. The lowest BCUT2D eigenvalue weighted by Gasteiger charge is -2.36. The zero-order valence-corrected chi connectivity index (χ0v) is 14.8. The van der Waals surface area contributed by atoms with Gasteiger partial charge in [0.25, 0.3) is 0 Å². The summed E-state index contributed by atoms with van der Waals surface area (Å²) >= 11 is 0. The molecule has 0 radical (unpaired) electrons. The third-order valence-electron chi connectivity index (χ3n) is 4.92. The first-order valence-electron chi connectivity index (χ1n) is 8.61. The van der Waals surface area contributed by atoms with Gasteiger partial charge in [0, 0.05) is 12.8 Å². The van der Waals surface area contributed by atoms with Crippen molar-refractivity contribution in [1.29, 1.82) is 0 Å². The minimum atomic E-state index is -0.720. The molecular formula is C21H28NO2+. The second-order valence-corrected chi connectivity index (χ2v) is 6.58. The van der Waals surface area contributed by atoms with Crippen LogP contribution in [-0.4, -0.2) is 37.6 Å². The molecule has 0 unspecified atom stereocenters. The molecule has 0 fully saturated rings. The summed E-state index contributed by atoms with van der Waals surface area (Å²) in [4.78, 5) is 14.4. The lowest BCUT2D eigenvalue weighted by molar-refractivity contribution is -0.887. The number of aliphatic hydroxyl groups is 1. The molecule has 24 heavy (non-hydrogen) atoms. The summed E-state index contributed by atoms with van der Waals surface area (Å²) in [6, 6.07) is 19.9. The van der Waals surface area contributed by atoms with E-state index in [2.05, 4.69) is 0 Å². The van der Waals surface area contributed by atoms with E-state index in [1.165, 1.54) is 0 Å². The molecule has 3 nitrogen and oxygen atoms in total. The highest BCUT2D eigenvalue weighted by Crippen LogP contribution is 2.38. The van der Waals surface area contributed by atoms with Crippen LogP contribution in [0.25, 0.3) is 0 Å². The average molecular weight is 326 g/mol. The van der Waals surface area contributed by atoms with Gasteiger partial charge in [-0.25, -0.2) is 0 Å². The Labute approximate surface area is 144 Å². The van der Waals surface area contributed by atoms with Crippen molar-refractivity contribution in [3.63, 3.8) is 0 Å². The van der Waals surface area contributed by atoms with Crippen molar-refractivity contribution >= 4 is 5.78 Å². The summed E-state index contributed by atoms with van der Waals surface area (Å²) < 4.78 is 0. The zero-order chi connectivity index (χ0) is 17.6. The van der Waals surface area contributed by atoms with Gasteiger partial charge in [0.15, 0.2) is 0 Å². The fraction of sp³-hybridized carbons (Fsp3) is 0.381. The van der Waals surface area contributed by atoms with Crippen LogP contribution in [0.1, 0.15) is 30.9 Å². The van der Waals surface area contributed by atoms with Gasteiger partial charge in [0.1, 0.15) is 11.8 Å². The summed E-state index contributed by atoms with van der Waals surface area (Å²) in [5.74, 6) is 0.194. The van der Waals surface area contributed by atoms with Crippen molar-refractivity contribution in [2.75, 3.05) is 20.7 Å². The highest BCUT2D eigenvalue weighted by molar-refractivity contribution is 5.93. The maximum absolute atomic E-state index is 13.2. The lowest BCUT2D eigenvalue weighted by Crippen LogP contribution is -3.11.